The van der Waals surface area contributed by atoms with Gasteiger partial charge in [-0.15, -0.1) is 0 Å². The quantitative estimate of drug-likeness (QED) is 0.692. The Morgan fingerprint density at radius 1 is 1.12 bits per heavy atom. The van der Waals surface area contributed by atoms with Crippen molar-refractivity contribution >= 4 is 0 Å². The SMILES string of the molecule is CC(N)(CNCC(C1CC1)C1CC1)C1CC1. The summed E-state index contributed by atoms with van der Waals surface area (Å²) in [6.45, 7) is 4.48. The van der Waals surface area contributed by atoms with Crippen molar-refractivity contribution in [1.82, 2.24) is 5.32 Å². The van der Waals surface area contributed by atoms with Crippen LogP contribution in [0.25, 0.3) is 0 Å². The molecule has 92 valence electrons. The molecule has 0 spiro atoms. The Balaban J connectivity index is 1.41. The number of nitrogens with one attached hydrogen (secondary N) is 1. The lowest BCUT2D eigenvalue weighted by atomic mass is 9.95. The topological polar surface area (TPSA) is 38.0 Å². The van der Waals surface area contributed by atoms with E-state index in [4.69, 9.17) is 5.73 Å². The number of hydrogen-bond donors (Lipinski definition) is 2. The van der Waals surface area contributed by atoms with Gasteiger partial charge in [0.2, 0.25) is 0 Å². The second kappa shape index (κ2) is 3.99. The molecule has 0 amide bonds. The Kier molecular flexibility index (Phi) is 2.75. The van der Waals surface area contributed by atoms with Crippen molar-refractivity contribution in [2.45, 2.75) is 51.0 Å². The summed E-state index contributed by atoms with van der Waals surface area (Å²) in [6, 6.07) is 0. The van der Waals surface area contributed by atoms with E-state index < -0.39 is 0 Å². The summed E-state index contributed by atoms with van der Waals surface area (Å²) in [5.74, 6) is 3.89. The third-order valence-corrected chi connectivity index (χ3v) is 4.85. The zero-order valence-corrected chi connectivity index (χ0v) is 10.5. The van der Waals surface area contributed by atoms with Gasteiger partial charge in [0.25, 0.3) is 0 Å². The minimum atomic E-state index is 0.0532. The molecule has 0 aromatic rings. The molecular formula is C14H26N2. The van der Waals surface area contributed by atoms with E-state index in [-0.39, 0.29) is 5.54 Å². The molecule has 0 saturated heterocycles. The molecule has 0 aliphatic heterocycles. The third-order valence-electron chi connectivity index (χ3n) is 4.85. The fraction of sp³-hybridized carbons (Fsp3) is 1.00. The van der Waals surface area contributed by atoms with Gasteiger partial charge in [-0.25, -0.2) is 0 Å². The summed E-state index contributed by atoms with van der Waals surface area (Å²) < 4.78 is 0. The molecule has 3 saturated carbocycles. The zero-order valence-electron chi connectivity index (χ0n) is 10.5. The van der Waals surface area contributed by atoms with Crippen LogP contribution in [-0.4, -0.2) is 18.6 Å². The molecule has 1 unspecified atom stereocenters. The average molecular weight is 222 g/mol. The second-order valence-electron chi connectivity index (χ2n) is 6.75. The summed E-state index contributed by atoms with van der Waals surface area (Å²) in [4.78, 5) is 0. The largest absolute Gasteiger partial charge is 0.324 e. The Morgan fingerprint density at radius 3 is 2.12 bits per heavy atom. The van der Waals surface area contributed by atoms with E-state index in [0.29, 0.717) is 0 Å². The molecule has 0 bridgehead atoms. The highest BCUT2D eigenvalue weighted by atomic mass is 14.9. The van der Waals surface area contributed by atoms with E-state index in [0.717, 1.165) is 30.2 Å². The van der Waals surface area contributed by atoms with E-state index in [1.807, 2.05) is 0 Å². The van der Waals surface area contributed by atoms with Crippen molar-refractivity contribution in [1.29, 1.82) is 0 Å². The standard InChI is InChI=1S/C14H26N2/c1-14(15,12-6-7-12)9-16-8-13(10-2-3-10)11-4-5-11/h10-13,16H,2-9,15H2,1H3. The highest BCUT2D eigenvalue weighted by Crippen LogP contribution is 2.48. The number of nitrogens with two attached hydrogens (primary N) is 1. The highest BCUT2D eigenvalue weighted by molar-refractivity contribution is 4.98. The molecule has 2 heteroatoms. The van der Waals surface area contributed by atoms with Gasteiger partial charge in [0.1, 0.15) is 0 Å². The second-order valence-corrected chi connectivity index (χ2v) is 6.75. The van der Waals surface area contributed by atoms with Crippen molar-refractivity contribution in [2.75, 3.05) is 13.1 Å². The molecule has 16 heavy (non-hydrogen) atoms. The average Bonchev–Trinajstić information content (AvgIpc) is 3.14. The van der Waals surface area contributed by atoms with Crippen molar-refractivity contribution in [2.24, 2.45) is 29.4 Å². The zero-order chi connectivity index (χ0) is 11.2. The Hall–Kier alpha value is -0.0800. The van der Waals surface area contributed by atoms with E-state index in [1.54, 1.807) is 0 Å². The van der Waals surface area contributed by atoms with Crippen LogP contribution in [0.3, 0.4) is 0 Å². The van der Waals surface area contributed by atoms with Crippen LogP contribution in [0, 0.1) is 23.7 Å². The molecule has 3 aliphatic carbocycles. The van der Waals surface area contributed by atoms with Crippen LogP contribution in [-0.2, 0) is 0 Å². The van der Waals surface area contributed by atoms with Crippen LogP contribution in [0.1, 0.15) is 45.4 Å². The maximum absolute atomic E-state index is 6.33. The first-order chi connectivity index (χ1) is 7.67. The first-order valence-corrected chi connectivity index (χ1v) is 7.16. The van der Waals surface area contributed by atoms with Gasteiger partial charge < -0.3 is 11.1 Å². The van der Waals surface area contributed by atoms with Crippen molar-refractivity contribution in [3.8, 4) is 0 Å². The lowest BCUT2D eigenvalue weighted by Crippen LogP contribution is -2.49. The van der Waals surface area contributed by atoms with Gasteiger partial charge >= 0.3 is 0 Å². The Labute approximate surface area is 99.4 Å². The third kappa shape index (κ3) is 2.60. The fourth-order valence-electron chi connectivity index (χ4n) is 3.16. The molecule has 3 fully saturated rings. The van der Waals surface area contributed by atoms with Crippen LogP contribution in [0.2, 0.25) is 0 Å². The Morgan fingerprint density at radius 2 is 1.69 bits per heavy atom. The van der Waals surface area contributed by atoms with E-state index in [2.05, 4.69) is 12.2 Å². The van der Waals surface area contributed by atoms with E-state index >= 15 is 0 Å². The smallest absolute Gasteiger partial charge is 0.0280 e. The summed E-state index contributed by atoms with van der Waals surface area (Å²) in [5, 5.41) is 3.66. The summed E-state index contributed by atoms with van der Waals surface area (Å²) >= 11 is 0. The van der Waals surface area contributed by atoms with Crippen LogP contribution in [0.4, 0.5) is 0 Å². The summed E-state index contributed by atoms with van der Waals surface area (Å²) in [5.41, 5.74) is 6.38. The number of hydrogen-bond acceptors (Lipinski definition) is 2. The molecular weight excluding hydrogens is 196 g/mol. The van der Waals surface area contributed by atoms with Gasteiger partial charge in [0, 0.05) is 12.1 Å². The van der Waals surface area contributed by atoms with Gasteiger partial charge in [-0.3, -0.25) is 0 Å². The first kappa shape index (κ1) is 11.0. The normalized spacial score (nSPS) is 29.4. The number of rotatable bonds is 7. The summed E-state index contributed by atoms with van der Waals surface area (Å²) in [6.07, 6.45) is 8.67. The minimum absolute atomic E-state index is 0.0532. The molecule has 3 rings (SSSR count). The van der Waals surface area contributed by atoms with Crippen LogP contribution < -0.4 is 11.1 Å². The van der Waals surface area contributed by atoms with E-state index in [1.165, 1.54) is 45.1 Å². The molecule has 2 nitrogen and oxygen atoms in total. The predicted octanol–water partition coefficient (Wildman–Crippen LogP) is 2.14. The molecule has 1 atom stereocenters. The summed E-state index contributed by atoms with van der Waals surface area (Å²) in [7, 11) is 0. The highest BCUT2D eigenvalue weighted by Gasteiger charge is 2.42. The Bertz CT molecular complexity index is 237. The fourth-order valence-corrected chi connectivity index (χ4v) is 3.16. The van der Waals surface area contributed by atoms with Crippen molar-refractivity contribution in [3.05, 3.63) is 0 Å². The predicted molar refractivity (Wildman–Crippen MR) is 67.1 cm³/mol. The van der Waals surface area contributed by atoms with Crippen LogP contribution >= 0.6 is 0 Å². The molecule has 0 radical (unpaired) electrons. The molecule has 0 aromatic heterocycles. The van der Waals surface area contributed by atoms with Crippen LogP contribution in [0.15, 0.2) is 0 Å². The molecule has 3 aliphatic rings. The maximum Gasteiger partial charge on any atom is 0.0280 e. The monoisotopic (exact) mass is 222 g/mol. The molecule has 3 N–H and O–H groups in total. The molecule has 0 heterocycles. The van der Waals surface area contributed by atoms with E-state index in [9.17, 15) is 0 Å². The van der Waals surface area contributed by atoms with Gasteiger partial charge in [-0.05, 0) is 75.7 Å². The van der Waals surface area contributed by atoms with Gasteiger partial charge in [0.05, 0.1) is 0 Å². The first-order valence-electron chi connectivity index (χ1n) is 7.16. The maximum atomic E-state index is 6.33. The van der Waals surface area contributed by atoms with Crippen molar-refractivity contribution < 1.29 is 0 Å². The van der Waals surface area contributed by atoms with Gasteiger partial charge in [-0.1, -0.05) is 0 Å². The van der Waals surface area contributed by atoms with Gasteiger partial charge in [-0.2, -0.15) is 0 Å². The molecule has 0 aromatic carbocycles. The van der Waals surface area contributed by atoms with Crippen LogP contribution in [0.5, 0.6) is 0 Å². The minimum Gasteiger partial charge on any atom is -0.324 e. The lowest BCUT2D eigenvalue weighted by molar-refractivity contribution is 0.330. The van der Waals surface area contributed by atoms with Crippen molar-refractivity contribution in [3.63, 3.8) is 0 Å². The lowest BCUT2D eigenvalue weighted by Gasteiger charge is -2.26. The van der Waals surface area contributed by atoms with Gasteiger partial charge in [0.15, 0.2) is 0 Å².